The predicted molar refractivity (Wildman–Crippen MR) is 78.7 cm³/mol. The van der Waals surface area contributed by atoms with Crippen LogP contribution < -0.4 is 5.32 Å². The molecule has 18 heavy (non-hydrogen) atoms. The monoisotopic (exact) mass is 311 g/mol. The lowest BCUT2D eigenvalue weighted by molar-refractivity contribution is 0.0614. The predicted octanol–water partition coefficient (Wildman–Crippen LogP) is 4.06. The van der Waals surface area contributed by atoms with E-state index in [0.717, 1.165) is 0 Å². The van der Waals surface area contributed by atoms with Crippen LogP contribution in [0, 0.1) is 0 Å². The van der Waals surface area contributed by atoms with E-state index in [-0.39, 0.29) is 0 Å². The van der Waals surface area contributed by atoms with Gasteiger partial charge in [0, 0.05) is 23.7 Å². The Labute approximate surface area is 118 Å². The maximum Gasteiger partial charge on any atom is 0.0572 e. The smallest absolute Gasteiger partial charge is 0.0572 e. The molecule has 0 aliphatic heterocycles. The fourth-order valence-electron chi connectivity index (χ4n) is 2.73. The molecule has 1 N–H and O–H groups in total. The van der Waals surface area contributed by atoms with Crippen LogP contribution in [0.3, 0.4) is 0 Å². The van der Waals surface area contributed by atoms with Crippen LogP contribution in [0.1, 0.15) is 44.2 Å². The van der Waals surface area contributed by atoms with Gasteiger partial charge in [0.1, 0.15) is 0 Å². The second kappa shape index (κ2) is 6.69. The van der Waals surface area contributed by atoms with Crippen LogP contribution in [-0.4, -0.2) is 19.3 Å². The van der Waals surface area contributed by atoms with Crippen LogP contribution in [0.2, 0.25) is 0 Å². The molecule has 1 fully saturated rings. The summed E-state index contributed by atoms with van der Waals surface area (Å²) in [6, 6.07) is 9.46. The van der Waals surface area contributed by atoms with Gasteiger partial charge in [0.05, 0.1) is 6.10 Å². The first-order chi connectivity index (χ1) is 8.70. The van der Waals surface area contributed by atoms with Crippen molar-refractivity contribution in [2.45, 2.75) is 50.8 Å². The van der Waals surface area contributed by atoms with Crippen molar-refractivity contribution >= 4 is 15.9 Å². The highest BCUT2D eigenvalue weighted by molar-refractivity contribution is 9.10. The summed E-state index contributed by atoms with van der Waals surface area (Å²) in [4.78, 5) is 0. The zero-order chi connectivity index (χ0) is 13.0. The highest BCUT2D eigenvalue weighted by Crippen LogP contribution is 2.26. The molecule has 3 heteroatoms. The summed E-state index contributed by atoms with van der Waals surface area (Å²) in [6.07, 6.45) is 5.26. The minimum Gasteiger partial charge on any atom is -0.381 e. The number of benzene rings is 1. The molecule has 1 aromatic carbocycles. The van der Waals surface area contributed by atoms with Crippen LogP contribution >= 0.6 is 15.9 Å². The van der Waals surface area contributed by atoms with Crippen molar-refractivity contribution in [3.63, 3.8) is 0 Å². The summed E-state index contributed by atoms with van der Waals surface area (Å²) in [5.41, 5.74) is 1.34. The summed E-state index contributed by atoms with van der Waals surface area (Å²) in [7, 11) is 1.82. The van der Waals surface area contributed by atoms with Gasteiger partial charge >= 0.3 is 0 Å². The van der Waals surface area contributed by atoms with E-state index in [4.69, 9.17) is 4.74 Å². The Balaban J connectivity index is 1.89. The fraction of sp³-hybridized carbons (Fsp3) is 0.600. The van der Waals surface area contributed by atoms with Crippen molar-refractivity contribution in [2.75, 3.05) is 7.11 Å². The van der Waals surface area contributed by atoms with Gasteiger partial charge in [-0.1, -0.05) is 34.1 Å². The molecule has 0 aromatic heterocycles. The van der Waals surface area contributed by atoms with Crippen LogP contribution in [-0.2, 0) is 4.74 Å². The molecule has 0 amide bonds. The van der Waals surface area contributed by atoms with E-state index in [2.05, 4.69) is 52.4 Å². The van der Waals surface area contributed by atoms with Gasteiger partial charge in [-0.3, -0.25) is 0 Å². The molecule has 1 aliphatic rings. The number of rotatable bonds is 4. The Bertz CT molecular complexity index is 375. The van der Waals surface area contributed by atoms with Crippen LogP contribution in [0.15, 0.2) is 28.7 Å². The molecule has 1 aliphatic carbocycles. The third-order valence-corrected chi connectivity index (χ3v) is 4.59. The van der Waals surface area contributed by atoms with Gasteiger partial charge < -0.3 is 10.1 Å². The first-order valence-corrected chi connectivity index (χ1v) is 7.53. The second-order valence-corrected chi connectivity index (χ2v) is 5.97. The van der Waals surface area contributed by atoms with Gasteiger partial charge in [0.2, 0.25) is 0 Å². The lowest BCUT2D eigenvalue weighted by Crippen LogP contribution is -2.36. The first kappa shape index (κ1) is 14.0. The van der Waals surface area contributed by atoms with Gasteiger partial charge in [0.15, 0.2) is 0 Å². The quantitative estimate of drug-likeness (QED) is 0.905. The lowest BCUT2D eigenvalue weighted by atomic mass is 9.92. The Morgan fingerprint density at radius 3 is 2.50 bits per heavy atom. The van der Waals surface area contributed by atoms with Crippen molar-refractivity contribution in [1.82, 2.24) is 5.32 Å². The minimum absolute atomic E-state index is 0.393. The van der Waals surface area contributed by atoms with Gasteiger partial charge in [-0.25, -0.2) is 0 Å². The average molecular weight is 312 g/mol. The van der Waals surface area contributed by atoms with Gasteiger partial charge in [-0.15, -0.1) is 0 Å². The normalized spacial score (nSPS) is 25.9. The molecule has 1 saturated carbocycles. The molecule has 1 atom stereocenters. The maximum atomic E-state index is 5.41. The molecule has 0 saturated heterocycles. The number of ether oxygens (including phenoxy) is 1. The highest BCUT2D eigenvalue weighted by Gasteiger charge is 2.22. The number of hydrogen-bond donors (Lipinski definition) is 1. The lowest BCUT2D eigenvalue weighted by Gasteiger charge is -2.31. The molecule has 0 heterocycles. The molecule has 2 rings (SSSR count). The van der Waals surface area contributed by atoms with Crippen molar-refractivity contribution in [2.24, 2.45) is 0 Å². The Kier molecular flexibility index (Phi) is 5.22. The van der Waals surface area contributed by atoms with E-state index in [0.29, 0.717) is 18.2 Å². The van der Waals surface area contributed by atoms with Gasteiger partial charge in [-0.05, 0) is 44.2 Å². The van der Waals surface area contributed by atoms with Crippen LogP contribution in [0.5, 0.6) is 0 Å². The molecule has 2 nitrogen and oxygen atoms in total. The molecule has 0 bridgehead atoms. The third-order valence-electron chi connectivity index (χ3n) is 3.86. The Morgan fingerprint density at radius 2 is 1.89 bits per heavy atom. The first-order valence-electron chi connectivity index (χ1n) is 6.74. The minimum atomic E-state index is 0.393. The molecule has 100 valence electrons. The molecular formula is C15H22BrNO. The molecule has 0 radical (unpaired) electrons. The van der Waals surface area contributed by atoms with Crippen LogP contribution in [0.25, 0.3) is 0 Å². The summed E-state index contributed by atoms with van der Waals surface area (Å²) >= 11 is 3.62. The van der Waals surface area contributed by atoms with Crippen molar-refractivity contribution in [1.29, 1.82) is 0 Å². The molecule has 1 aromatic rings. The summed E-state index contributed by atoms with van der Waals surface area (Å²) in [5.74, 6) is 0. The van der Waals surface area contributed by atoms with Gasteiger partial charge in [0.25, 0.3) is 0 Å². The SMILES string of the molecule is COC1CCC(NC(C)c2ccccc2Br)CC1. The van der Waals surface area contributed by atoms with E-state index < -0.39 is 0 Å². The van der Waals surface area contributed by atoms with Crippen molar-refractivity contribution in [3.8, 4) is 0 Å². The third kappa shape index (κ3) is 3.56. The van der Waals surface area contributed by atoms with E-state index in [1.165, 1.54) is 35.7 Å². The summed E-state index contributed by atoms with van der Waals surface area (Å²) < 4.78 is 6.60. The number of nitrogens with one attached hydrogen (secondary N) is 1. The average Bonchev–Trinajstić information content (AvgIpc) is 2.40. The zero-order valence-electron chi connectivity index (χ0n) is 11.2. The van der Waals surface area contributed by atoms with Crippen molar-refractivity contribution in [3.05, 3.63) is 34.3 Å². The van der Waals surface area contributed by atoms with E-state index >= 15 is 0 Å². The topological polar surface area (TPSA) is 21.3 Å². The Hall–Kier alpha value is -0.380. The number of hydrogen-bond acceptors (Lipinski definition) is 2. The number of halogens is 1. The second-order valence-electron chi connectivity index (χ2n) is 5.12. The van der Waals surface area contributed by atoms with E-state index in [9.17, 15) is 0 Å². The highest BCUT2D eigenvalue weighted by atomic mass is 79.9. The Morgan fingerprint density at radius 1 is 1.22 bits per heavy atom. The zero-order valence-corrected chi connectivity index (χ0v) is 12.7. The van der Waals surface area contributed by atoms with Gasteiger partial charge in [-0.2, -0.15) is 0 Å². The van der Waals surface area contributed by atoms with Crippen molar-refractivity contribution < 1.29 is 4.74 Å². The summed E-state index contributed by atoms with van der Waals surface area (Å²) in [6.45, 7) is 2.24. The fourth-order valence-corrected chi connectivity index (χ4v) is 3.36. The van der Waals surface area contributed by atoms with Crippen LogP contribution in [0.4, 0.5) is 0 Å². The standard InChI is InChI=1S/C15H22BrNO/c1-11(14-5-3-4-6-15(14)16)17-12-7-9-13(18-2)10-8-12/h3-6,11-13,17H,7-10H2,1-2H3. The van der Waals surface area contributed by atoms with E-state index in [1.54, 1.807) is 0 Å². The maximum absolute atomic E-state index is 5.41. The summed E-state index contributed by atoms with van der Waals surface area (Å²) in [5, 5.41) is 3.74. The molecule has 1 unspecified atom stereocenters. The molecular weight excluding hydrogens is 290 g/mol. The molecule has 0 spiro atoms. The number of methoxy groups -OCH3 is 1. The largest absolute Gasteiger partial charge is 0.381 e. The van der Waals surface area contributed by atoms with E-state index in [1.807, 2.05) is 7.11 Å².